The third-order valence-electron chi connectivity index (χ3n) is 6.58. The first kappa shape index (κ1) is 30.1. The number of halogens is 1. The van der Waals surface area contributed by atoms with Crippen LogP contribution in [0.25, 0.3) is 0 Å². The van der Waals surface area contributed by atoms with E-state index in [1.807, 2.05) is 7.11 Å². The number of ether oxygens (including phenoxy) is 1. The lowest BCUT2D eigenvalue weighted by Gasteiger charge is -2.30. The SMILES string of the molecule is C1CCC2=NCCCN2CC1.CCCC[P+](CCCC)(CCCC)CC(C)OC.[Cl-]. The lowest BCUT2D eigenvalue weighted by molar-refractivity contribution is -0.00000787. The van der Waals surface area contributed by atoms with Crippen molar-refractivity contribution in [2.24, 2.45) is 4.99 Å². The Labute approximate surface area is 195 Å². The molecule has 0 radical (unpaired) electrons. The maximum Gasteiger partial charge on any atom is 0.0988 e. The first-order valence-electron chi connectivity index (χ1n) is 12.8. The summed E-state index contributed by atoms with van der Waals surface area (Å²) in [5.74, 6) is 1.40. The van der Waals surface area contributed by atoms with Gasteiger partial charge in [-0.15, -0.1) is 0 Å². The monoisotopic (exact) mass is 462 g/mol. The lowest BCUT2D eigenvalue weighted by Crippen LogP contribution is -3.00. The van der Waals surface area contributed by atoms with Gasteiger partial charge in [0.15, 0.2) is 0 Å². The highest BCUT2D eigenvalue weighted by Crippen LogP contribution is 2.61. The molecule has 2 aliphatic rings. The zero-order valence-electron chi connectivity index (χ0n) is 20.9. The second kappa shape index (κ2) is 18.7. The van der Waals surface area contributed by atoms with Gasteiger partial charge in [0.2, 0.25) is 0 Å². The molecule has 3 nitrogen and oxygen atoms in total. The Bertz CT molecular complexity index is 412. The van der Waals surface area contributed by atoms with Crippen molar-refractivity contribution in [3.63, 3.8) is 0 Å². The van der Waals surface area contributed by atoms with Crippen LogP contribution in [0.1, 0.15) is 98.3 Å². The fourth-order valence-electron chi connectivity index (χ4n) is 4.65. The third kappa shape index (κ3) is 12.3. The second-order valence-electron chi connectivity index (χ2n) is 9.25. The average Bonchev–Trinajstić information content (AvgIpc) is 3.00. The molecule has 0 aromatic heterocycles. The molecule has 0 saturated carbocycles. The molecule has 1 atom stereocenters. The standard InChI is InChI=1S/C16H36OP.C9H16N2.ClH/c1-6-9-12-18(13-10-7-2,14-11-8-3)15-16(4)17-5;1-2-5-9-10-6-4-8-11(9)7-3-1;/h16H,6-15H2,1-5H3;1-8H2;1H/q+1;;/p-1. The van der Waals surface area contributed by atoms with Crippen molar-refractivity contribution >= 4 is 13.1 Å². The summed E-state index contributed by atoms with van der Waals surface area (Å²) in [6, 6.07) is 0. The number of hydrogen-bond donors (Lipinski definition) is 0. The Morgan fingerprint density at radius 3 is 2.00 bits per heavy atom. The van der Waals surface area contributed by atoms with E-state index in [0.29, 0.717) is 6.10 Å². The molecule has 180 valence electrons. The highest BCUT2D eigenvalue weighted by atomic mass is 35.5. The molecule has 1 fully saturated rings. The number of rotatable bonds is 12. The molecular formula is C25H52ClN2OP. The van der Waals surface area contributed by atoms with Crippen LogP contribution in [0.4, 0.5) is 0 Å². The van der Waals surface area contributed by atoms with Gasteiger partial charge in [-0.05, 0) is 45.4 Å². The Hall–Kier alpha value is 0.150. The van der Waals surface area contributed by atoms with E-state index in [0.717, 1.165) is 6.54 Å². The van der Waals surface area contributed by atoms with Gasteiger partial charge < -0.3 is 22.0 Å². The van der Waals surface area contributed by atoms with Crippen LogP contribution >= 0.6 is 7.26 Å². The van der Waals surface area contributed by atoms with Crippen LogP contribution < -0.4 is 12.4 Å². The number of unbranched alkanes of at least 4 members (excludes halogenated alkanes) is 3. The maximum atomic E-state index is 5.57. The van der Waals surface area contributed by atoms with Crippen LogP contribution in [0, 0.1) is 0 Å². The second-order valence-corrected chi connectivity index (χ2v) is 13.6. The average molecular weight is 463 g/mol. The van der Waals surface area contributed by atoms with Crippen LogP contribution in [0.2, 0.25) is 0 Å². The zero-order valence-corrected chi connectivity index (χ0v) is 22.6. The number of amidine groups is 1. The zero-order chi connectivity index (χ0) is 21.4. The predicted molar refractivity (Wildman–Crippen MR) is 135 cm³/mol. The summed E-state index contributed by atoms with van der Waals surface area (Å²) < 4.78 is 5.57. The Balaban J connectivity index is 0.000000594. The van der Waals surface area contributed by atoms with Crippen LogP contribution in [0.3, 0.4) is 0 Å². The van der Waals surface area contributed by atoms with E-state index in [4.69, 9.17) is 4.74 Å². The molecule has 0 aromatic rings. The van der Waals surface area contributed by atoms with Gasteiger partial charge in [-0.2, -0.15) is 0 Å². The minimum atomic E-state index is -0.743. The maximum absolute atomic E-state index is 5.57. The summed E-state index contributed by atoms with van der Waals surface area (Å²) >= 11 is 0. The smallest absolute Gasteiger partial charge is 0.0988 e. The van der Waals surface area contributed by atoms with Gasteiger partial charge >= 0.3 is 0 Å². The first-order valence-corrected chi connectivity index (χ1v) is 15.3. The number of aliphatic imine (C=N–C) groups is 1. The van der Waals surface area contributed by atoms with Crippen molar-refractivity contribution in [2.45, 2.75) is 104 Å². The molecule has 2 heterocycles. The van der Waals surface area contributed by atoms with Gasteiger partial charge in [0.1, 0.15) is 0 Å². The molecule has 0 aromatic carbocycles. The molecule has 5 heteroatoms. The molecule has 1 saturated heterocycles. The summed E-state index contributed by atoms with van der Waals surface area (Å²) in [5.41, 5.74) is 0. The minimum absolute atomic E-state index is 0. The van der Waals surface area contributed by atoms with Crippen LogP contribution in [-0.4, -0.2) is 68.2 Å². The quantitative estimate of drug-likeness (QED) is 0.408. The summed E-state index contributed by atoms with van der Waals surface area (Å²) in [5, 5.41) is 0. The van der Waals surface area contributed by atoms with Gasteiger partial charge in [0, 0.05) is 40.4 Å². The summed E-state index contributed by atoms with van der Waals surface area (Å²) in [6.07, 6.45) is 21.3. The number of methoxy groups -OCH3 is 1. The molecule has 2 aliphatic heterocycles. The van der Waals surface area contributed by atoms with E-state index in [-0.39, 0.29) is 12.4 Å². The summed E-state index contributed by atoms with van der Waals surface area (Å²) in [6.45, 7) is 12.8. The Morgan fingerprint density at radius 2 is 1.47 bits per heavy atom. The van der Waals surface area contributed by atoms with Crippen molar-refractivity contribution in [2.75, 3.05) is 51.4 Å². The molecule has 0 aliphatic carbocycles. The molecule has 0 N–H and O–H groups in total. The van der Waals surface area contributed by atoms with Crippen molar-refractivity contribution in [1.29, 1.82) is 0 Å². The van der Waals surface area contributed by atoms with E-state index < -0.39 is 7.26 Å². The van der Waals surface area contributed by atoms with Crippen molar-refractivity contribution in [3.8, 4) is 0 Å². The number of hydrogen-bond acceptors (Lipinski definition) is 3. The largest absolute Gasteiger partial charge is 1.00 e. The van der Waals surface area contributed by atoms with E-state index in [1.54, 1.807) is 0 Å². The van der Waals surface area contributed by atoms with Crippen molar-refractivity contribution < 1.29 is 17.1 Å². The van der Waals surface area contributed by atoms with E-state index in [1.165, 1.54) is 114 Å². The normalized spacial score (nSPS) is 17.6. The third-order valence-corrected chi connectivity index (χ3v) is 11.7. The lowest BCUT2D eigenvalue weighted by atomic mass is 10.2. The predicted octanol–water partition coefficient (Wildman–Crippen LogP) is 4.11. The Kier molecular flexibility index (Phi) is 18.8. The van der Waals surface area contributed by atoms with E-state index >= 15 is 0 Å². The van der Waals surface area contributed by atoms with Crippen LogP contribution in [0.5, 0.6) is 0 Å². The van der Waals surface area contributed by atoms with Crippen LogP contribution in [-0.2, 0) is 4.74 Å². The van der Waals surface area contributed by atoms with E-state index in [2.05, 4.69) is 37.6 Å². The van der Waals surface area contributed by atoms with E-state index in [9.17, 15) is 0 Å². The molecule has 1 unspecified atom stereocenters. The van der Waals surface area contributed by atoms with Gasteiger partial charge in [-0.3, -0.25) is 4.99 Å². The fraction of sp³-hybridized carbons (Fsp3) is 0.960. The Morgan fingerprint density at radius 1 is 0.900 bits per heavy atom. The fourth-order valence-corrected chi connectivity index (χ4v) is 10.1. The van der Waals surface area contributed by atoms with Gasteiger partial charge in [-0.1, -0.05) is 46.5 Å². The van der Waals surface area contributed by atoms with Crippen molar-refractivity contribution in [3.05, 3.63) is 0 Å². The first-order chi connectivity index (χ1) is 14.1. The minimum Gasteiger partial charge on any atom is -1.00 e. The number of fused-ring (bicyclic) bond motifs is 1. The topological polar surface area (TPSA) is 24.8 Å². The molecule has 0 bridgehead atoms. The molecular weight excluding hydrogens is 411 g/mol. The van der Waals surface area contributed by atoms with Crippen LogP contribution in [0.15, 0.2) is 4.99 Å². The highest BCUT2D eigenvalue weighted by molar-refractivity contribution is 7.75. The van der Waals surface area contributed by atoms with Gasteiger partial charge in [0.25, 0.3) is 0 Å². The molecule has 2 rings (SSSR count). The van der Waals surface area contributed by atoms with Gasteiger partial charge in [0.05, 0.1) is 36.6 Å². The van der Waals surface area contributed by atoms with Gasteiger partial charge in [-0.25, -0.2) is 0 Å². The number of nitrogens with zero attached hydrogens (tertiary/aromatic N) is 2. The highest BCUT2D eigenvalue weighted by Gasteiger charge is 2.37. The van der Waals surface area contributed by atoms with Crippen molar-refractivity contribution in [1.82, 2.24) is 4.90 Å². The molecule has 0 amide bonds. The molecule has 30 heavy (non-hydrogen) atoms. The summed E-state index contributed by atoms with van der Waals surface area (Å²) in [4.78, 5) is 7.04. The summed E-state index contributed by atoms with van der Waals surface area (Å²) in [7, 11) is 1.13. The molecule has 0 spiro atoms.